The zero-order valence-corrected chi connectivity index (χ0v) is 10.8. The minimum atomic E-state index is -4.48. The van der Waals surface area contributed by atoms with Gasteiger partial charge in [-0.2, -0.15) is 13.2 Å². The quantitative estimate of drug-likeness (QED) is 0.840. The second-order valence-corrected chi connectivity index (χ2v) is 4.77. The van der Waals surface area contributed by atoms with Gasteiger partial charge >= 0.3 is 6.18 Å². The predicted octanol–water partition coefficient (Wildman–Crippen LogP) is 2.54. The van der Waals surface area contributed by atoms with Crippen LogP contribution in [0.1, 0.15) is 17.5 Å². The average molecular weight is 290 g/mol. The van der Waals surface area contributed by atoms with Gasteiger partial charge in [-0.1, -0.05) is 12.2 Å². The summed E-state index contributed by atoms with van der Waals surface area (Å²) in [5.41, 5.74) is 4.73. The van der Waals surface area contributed by atoms with Gasteiger partial charge in [0.2, 0.25) is 0 Å². The van der Waals surface area contributed by atoms with E-state index in [1.54, 1.807) is 6.07 Å². The number of halogens is 3. The standard InChI is InChI=1S/C12H13F3N2OS/c13-12(14,15)10-5-7(1-2-9(10)11(16)19)17-8-3-4-18-6-8/h1-2,5,8,17H,3-4,6H2,(H2,16,19). The van der Waals surface area contributed by atoms with Crippen molar-refractivity contribution in [3.8, 4) is 0 Å². The van der Waals surface area contributed by atoms with Crippen LogP contribution in [0.3, 0.4) is 0 Å². The maximum absolute atomic E-state index is 12.9. The van der Waals surface area contributed by atoms with E-state index < -0.39 is 11.7 Å². The van der Waals surface area contributed by atoms with Crippen LogP contribution in [-0.4, -0.2) is 24.2 Å². The summed E-state index contributed by atoms with van der Waals surface area (Å²) in [6, 6.07) is 3.91. The van der Waals surface area contributed by atoms with Crippen molar-refractivity contribution in [2.24, 2.45) is 5.73 Å². The molecule has 1 aromatic rings. The lowest BCUT2D eigenvalue weighted by atomic mass is 10.1. The fourth-order valence-corrected chi connectivity index (χ4v) is 2.15. The Kier molecular flexibility index (Phi) is 3.96. The molecular weight excluding hydrogens is 277 g/mol. The van der Waals surface area contributed by atoms with E-state index in [-0.39, 0.29) is 16.6 Å². The molecule has 1 aliphatic rings. The van der Waals surface area contributed by atoms with Gasteiger partial charge in [-0.25, -0.2) is 0 Å². The van der Waals surface area contributed by atoms with E-state index >= 15 is 0 Å². The topological polar surface area (TPSA) is 47.3 Å². The van der Waals surface area contributed by atoms with Gasteiger partial charge in [0.1, 0.15) is 4.99 Å². The fourth-order valence-electron chi connectivity index (χ4n) is 1.97. The van der Waals surface area contributed by atoms with Crippen molar-refractivity contribution >= 4 is 22.9 Å². The smallest absolute Gasteiger partial charge is 0.389 e. The summed E-state index contributed by atoms with van der Waals surface area (Å²) >= 11 is 4.64. The van der Waals surface area contributed by atoms with Crippen molar-refractivity contribution in [3.63, 3.8) is 0 Å². The van der Waals surface area contributed by atoms with Crippen molar-refractivity contribution < 1.29 is 17.9 Å². The van der Waals surface area contributed by atoms with Gasteiger partial charge in [0, 0.05) is 17.9 Å². The summed E-state index contributed by atoms with van der Waals surface area (Å²) in [5, 5.41) is 3.01. The molecule has 1 fully saturated rings. The average Bonchev–Trinajstić information content (AvgIpc) is 2.80. The molecule has 0 amide bonds. The fraction of sp³-hybridized carbons (Fsp3) is 0.417. The predicted molar refractivity (Wildman–Crippen MR) is 70.2 cm³/mol. The number of nitrogens with one attached hydrogen (secondary N) is 1. The molecule has 0 bridgehead atoms. The first-order chi connectivity index (χ1) is 8.88. The van der Waals surface area contributed by atoms with Crippen molar-refractivity contribution in [1.82, 2.24) is 0 Å². The number of hydrogen-bond donors (Lipinski definition) is 2. The first-order valence-corrected chi connectivity index (χ1v) is 6.14. The van der Waals surface area contributed by atoms with Gasteiger partial charge in [0.25, 0.3) is 0 Å². The summed E-state index contributed by atoms with van der Waals surface area (Å²) in [6.45, 7) is 1.12. The van der Waals surface area contributed by atoms with Crippen LogP contribution in [0.15, 0.2) is 18.2 Å². The number of alkyl halides is 3. The van der Waals surface area contributed by atoms with E-state index in [4.69, 9.17) is 10.5 Å². The summed E-state index contributed by atoms with van der Waals surface area (Å²) in [6.07, 6.45) is -3.71. The second kappa shape index (κ2) is 5.34. The molecule has 0 aliphatic carbocycles. The highest BCUT2D eigenvalue weighted by atomic mass is 32.1. The zero-order valence-electron chi connectivity index (χ0n) is 9.96. The van der Waals surface area contributed by atoms with Crippen LogP contribution >= 0.6 is 12.2 Å². The number of ether oxygens (including phenoxy) is 1. The minimum Gasteiger partial charge on any atom is -0.389 e. The summed E-state index contributed by atoms with van der Waals surface area (Å²) in [7, 11) is 0. The Labute approximate surface area is 113 Å². The molecular formula is C12H13F3N2OS. The van der Waals surface area contributed by atoms with Gasteiger partial charge in [0.15, 0.2) is 0 Å². The molecule has 1 aliphatic heterocycles. The van der Waals surface area contributed by atoms with Crippen LogP contribution in [0, 0.1) is 0 Å². The van der Waals surface area contributed by atoms with Gasteiger partial charge in [-0.3, -0.25) is 0 Å². The normalized spacial score (nSPS) is 19.4. The molecule has 1 heterocycles. The third kappa shape index (κ3) is 3.36. The van der Waals surface area contributed by atoms with Crippen molar-refractivity contribution in [1.29, 1.82) is 0 Å². The van der Waals surface area contributed by atoms with Crippen LogP contribution in [0.5, 0.6) is 0 Å². The Morgan fingerprint density at radius 2 is 2.16 bits per heavy atom. The molecule has 1 saturated heterocycles. The maximum atomic E-state index is 12.9. The lowest BCUT2D eigenvalue weighted by Gasteiger charge is -2.17. The molecule has 7 heteroatoms. The van der Waals surface area contributed by atoms with Crippen LogP contribution < -0.4 is 11.1 Å². The Bertz CT molecular complexity index is 484. The van der Waals surface area contributed by atoms with Gasteiger partial charge in [-0.15, -0.1) is 0 Å². The minimum absolute atomic E-state index is 0.0387. The number of nitrogens with two attached hydrogens (primary N) is 1. The molecule has 0 saturated carbocycles. The lowest BCUT2D eigenvalue weighted by Crippen LogP contribution is -2.21. The first kappa shape index (κ1) is 14.1. The number of rotatable bonds is 3. The largest absolute Gasteiger partial charge is 0.417 e. The highest BCUT2D eigenvalue weighted by molar-refractivity contribution is 7.80. The van der Waals surface area contributed by atoms with Crippen LogP contribution in [0.25, 0.3) is 0 Å². The van der Waals surface area contributed by atoms with E-state index in [2.05, 4.69) is 17.5 Å². The van der Waals surface area contributed by atoms with E-state index in [1.165, 1.54) is 6.07 Å². The molecule has 3 N–H and O–H groups in total. The van der Waals surface area contributed by atoms with E-state index in [1.807, 2.05) is 0 Å². The summed E-state index contributed by atoms with van der Waals surface area (Å²) in [4.78, 5) is -0.261. The number of benzene rings is 1. The van der Waals surface area contributed by atoms with Gasteiger partial charge in [-0.05, 0) is 24.6 Å². The molecule has 0 radical (unpaired) electrons. The number of hydrogen-bond acceptors (Lipinski definition) is 3. The first-order valence-electron chi connectivity index (χ1n) is 5.73. The van der Waals surface area contributed by atoms with Crippen LogP contribution in [-0.2, 0) is 10.9 Å². The molecule has 3 nitrogen and oxygen atoms in total. The van der Waals surface area contributed by atoms with E-state index in [9.17, 15) is 13.2 Å². The molecule has 1 atom stereocenters. The Morgan fingerprint density at radius 1 is 1.42 bits per heavy atom. The molecule has 0 aromatic heterocycles. The molecule has 104 valence electrons. The SMILES string of the molecule is NC(=S)c1ccc(NC2CCOC2)cc1C(F)(F)F. The highest BCUT2D eigenvalue weighted by Crippen LogP contribution is 2.34. The summed E-state index contributed by atoms with van der Waals surface area (Å²) < 4.78 is 44.0. The molecule has 0 spiro atoms. The Balaban J connectivity index is 2.29. The van der Waals surface area contributed by atoms with Crippen molar-refractivity contribution in [2.45, 2.75) is 18.6 Å². The molecule has 2 rings (SSSR count). The zero-order chi connectivity index (χ0) is 14.0. The van der Waals surface area contributed by atoms with Crippen molar-refractivity contribution in [2.75, 3.05) is 18.5 Å². The number of anilines is 1. The molecule has 1 aromatic carbocycles. The van der Waals surface area contributed by atoms with Gasteiger partial charge < -0.3 is 15.8 Å². The lowest BCUT2D eigenvalue weighted by molar-refractivity contribution is -0.137. The van der Waals surface area contributed by atoms with Crippen molar-refractivity contribution in [3.05, 3.63) is 29.3 Å². The second-order valence-electron chi connectivity index (χ2n) is 4.33. The Hall–Kier alpha value is -1.34. The van der Waals surface area contributed by atoms with Crippen LogP contribution in [0.2, 0.25) is 0 Å². The molecule has 19 heavy (non-hydrogen) atoms. The third-order valence-electron chi connectivity index (χ3n) is 2.89. The van der Waals surface area contributed by atoms with E-state index in [0.29, 0.717) is 18.9 Å². The monoisotopic (exact) mass is 290 g/mol. The van der Waals surface area contributed by atoms with Crippen LogP contribution in [0.4, 0.5) is 18.9 Å². The maximum Gasteiger partial charge on any atom is 0.417 e. The number of thiocarbonyl (C=S) groups is 1. The van der Waals surface area contributed by atoms with E-state index in [0.717, 1.165) is 12.5 Å². The molecule has 1 unspecified atom stereocenters. The third-order valence-corrected chi connectivity index (χ3v) is 3.11. The highest BCUT2D eigenvalue weighted by Gasteiger charge is 2.34. The summed E-state index contributed by atoms with van der Waals surface area (Å²) in [5.74, 6) is 0. The Morgan fingerprint density at radius 3 is 2.68 bits per heavy atom. The van der Waals surface area contributed by atoms with Gasteiger partial charge in [0.05, 0.1) is 18.2 Å².